The average molecular weight is 300 g/mol. The Kier molecular flexibility index (Phi) is 4.29. The maximum Gasteiger partial charge on any atom is 0.224 e. The Morgan fingerprint density at radius 2 is 1.84 bits per heavy atom. The summed E-state index contributed by atoms with van der Waals surface area (Å²) in [6.45, 7) is 0. The molecule has 0 aliphatic rings. The molecule has 2 rings (SSSR count). The summed E-state index contributed by atoms with van der Waals surface area (Å²) in [5.41, 5.74) is 0.745. The van der Waals surface area contributed by atoms with Gasteiger partial charge in [0.2, 0.25) is 5.28 Å². The van der Waals surface area contributed by atoms with Crippen LogP contribution in [0.1, 0.15) is 0 Å². The lowest BCUT2D eigenvalue weighted by molar-refractivity contribution is 0.355. The third-order valence-electron chi connectivity index (χ3n) is 2.36. The SMILES string of the molecule is COc1ccc(Nc2nc(Cl)ncc2Cl)cc1OC. The molecule has 0 aliphatic heterocycles. The molecule has 0 aliphatic carbocycles. The Hall–Kier alpha value is -1.72. The quantitative estimate of drug-likeness (QED) is 0.875. The summed E-state index contributed by atoms with van der Waals surface area (Å²) in [6, 6.07) is 5.36. The van der Waals surface area contributed by atoms with Gasteiger partial charge >= 0.3 is 0 Å². The topological polar surface area (TPSA) is 56.3 Å². The molecule has 0 unspecified atom stereocenters. The van der Waals surface area contributed by atoms with E-state index in [0.29, 0.717) is 22.3 Å². The van der Waals surface area contributed by atoms with Gasteiger partial charge in [-0.25, -0.2) is 4.98 Å². The fraction of sp³-hybridized carbons (Fsp3) is 0.167. The van der Waals surface area contributed by atoms with E-state index in [2.05, 4.69) is 15.3 Å². The predicted molar refractivity (Wildman–Crippen MR) is 74.9 cm³/mol. The first-order valence-corrected chi connectivity index (χ1v) is 6.06. The summed E-state index contributed by atoms with van der Waals surface area (Å²) in [5, 5.41) is 3.53. The number of hydrogen-bond donors (Lipinski definition) is 1. The minimum Gasteiger partial charge on any atom is -0.493 e. The zero-order chi connectivity index (χ0) is 13.8. The van der Waals surface area contributed by atoms with E-state index in [1.807, 2.05) is 6.07 Å². The minimum atomic E-state index is 0.118. The lowest BCUT2D eigenvalue weighted by atomic mass is 10.2. The lowest BCUT2D eigenvalue weighted by Crippen LogP contribution is -1.97. The highest BCUT2D eigenvalue weighted by molar-refractivity contribution is 6.33. The molecule has 5 nitrogen and oxygen atoms in total. The number of benzene rings is 1. The van der Waals surface area contributed by atoms with E-state index in [1.165, 1.54) is 6.20 Å². The average Bonchev–Trinajstić information content (AvgIpc) is 2.42. The van der Waals surface area contributed by atoms with Gasteiger partial charge < -0.3 is 14.8 Å². The first-order chi connectivity index (χ1) is 9.13. The molecule has 0 amide bonds. The number of nitrogens with one attached hydrogen (secondary N) is 1. The number of halogens is 2. The highest BCUT2D eigenvalue weighted by Crippen LogP contribution is 2.32. The third kappa shape index (κ3) is 3.19. The van der Waals surface area contributed by atoms with E-state index in [1.54, 1.807) is 26.4 Å². The van der Waals surface area contributed by atoms with Gasteiger partial charge in [-0.1, -0.05) is 11.6 Å². The molecule has 1 aromatic carbocycles. The van der Waals surface area contributed by atoms with Crippen molar-refractivity contribution in [3.05, 3.63) is 34.7 Å². The number of hydrogen-bond acceptors (Lipinski definition) is 5. The number of nitrogens with zero attached hydrogens (tertiary/aromatic N) is 2. The number of ether oxygens (including phenoxy) is 2. The third-order valence-corrected chi connectivity index (χ3v) is 2.82. The van der Waals surface area contributed by atoms with E-state index in [-0.39, 0.29) is 5.28 Å². The molecule has 1 heterocycles. The van der Waals surface area contributed by atoms with E-state index < -0.39 is 0 Å². The molecule has 0 bridgehead atoms. The predicted octanol–water partition coefficient (Wildman–Crippen LogP) is 3.54. The van der Waals surface area contributed by atoms with Gasteiger partial charge in [-0.05, 0) is 23.7 Å². The fourth-order valence-corrected chi connectivity index (χ4v) is 1.76. The van der Waals surface area contributed by atoms with E-state index in [9.17, 15) is 0 Å². The molecule has 0 atom stereocenters. The number of methoxy groups -OCH3 is 2. The van der Waals surface area contributed by atoms with Crippen molar-refractivity contribution in [2.45, 2.75) is 0 Å². The fourth-order valence-electron chi connectivity index (χ4n) is 1.48. The zero-order valence-electron chi connectivity index (χ0n) is 10.3. The Morgan fingerprint density at radius 1 is 1.11 bits per heavy atom. The van der Waals surface area contributed by atoms with E-state index >= 15 is 0 Å². The molecule has 0 saturated carbocycles. The first-order valence-electron chi connectivity index (χ1n) is 5.31. The van der Waals surface area contributed by atoms with Gasteiger partial charge in [0, 0.05) is 11.8 Å². The van der Waals surface area contributed by atoms with Gasteiger partial charge in [0.15, 0.2) is 17.3 Å². The van der Waals surface area contributed by atoms with E-state index in [0.717, 1.165) is 5.69 Å². The van der Waals surface area contributed by atoms with Crippen molar-refractivity contribution in [2.24, 2.45) is 0 Å². The molecule has 100 valence electrons. The maximum atomic E-state index is 5.98. The lowest BCUT2D eigenvalue weighted by Gasteiger charge is -2.11. The summed E-state index contributed by atoms with van der Waals surface area (Å²) in [6.07, 6.45) is 1.43. The van der Waals surface area contributed by atoms with Crippen LogP contribution in [0.25, 0.3) is 0 Å². The molecule has 1 aromatic heterocycles. The molecular weight excluding hydrogens is 289 g/mol. The molecule has 2 aromatic rings. The van der Waals surface area contributed by atoms with Crippen molar-refractivity contribution < 1.29 is 9.47 Å². The van der Waals surface area contributed by atoms with Gasteiger partial charge in [-0.3, -0.25) is 0 Å². The van der Waals surface area contributed by atoms with Crippen molar-refractivity contribution >= 4 is 34.7 Å². The standard InChI is InChI=1S/C12H11Cl2N3O2/c1-18-9-4-3-7(5-10(9)19-2)16-11-8(13)6-15-12(14)17-11/h3-6H,1-2H3,(H,15,16,17). The van der Waals surface area contributed by atoms with Gasteiger partial charge in [0.1, 0.15) is 5.02 Å². The molecule has 1 N–H and O–H groups in total. The van der Waals surface area contributed by atoms with Crippen LogP contribution in [-0.4, -0.2) is 24.2 Å². The van der Waals surface area contributed by atoms with Crippen molar-refractivity contribution in [1.82, 2.24) is 9.97 Å². The van der Waals surface area contributed by atoms with Crippen LogP contribution in [0, 0.1) is 0 Å². The van der Waals surface area contributed by atoms with Gasteiger partial charge in [0.25, 0.3) is 0 Å². The molecule has 0 spiro atoms. The number of anilines is 2. The van der Waals surface area contributed by atoms with Crippen molar-refractivity contribution in [3.63, 3.8) is 0 Å². The Labute approximate surface area is 120 Å². The molecule has 0 fully saturated rings. The van der Waals surface area contributed by atoms with Crippen LogP contribution in [0.4, 0.5) is 11.5 Å². The Balaban J connectivity index is 2.30. The Morgan fingerprint density at radius 3 is 2.53 bits per heavy atom. The van der Waals surface area contributed by atoms with Crippen LogP contribution >= 0.6 is 23.2 Å². The summed E-state index contributed by atoms with van der Waals surface area (Å²) in [5.74, 6) is 1.66. The first kappa shape index (κ1) is 13.7. The minimum absolute atomic E-state index is 0.118. The summed E-state index contributed by atoms with van der Waals surface area (Å²) >= 11 is 11.7. The maximum absolute atomic E-state index is 5.98. The van der Waals surface area contributed by atoms with Gasteiger partial charge in [0.05, 0.1) is 20.4 Å². The second kappa shape index (κ2) is 5.95. The van der Waals surface area contributed by atoms with Crippen molar-refractivity contribution in [1.29, 1.82) is 0 Å². The largest absolute Gasteiger partial charge is 0.493 e. The molecule has 0 saturated heterocycles. The smallest absolute Gasteiger partial charge is 0.224 e. The summed E-state index contributed by atoms with van der Waals surface area (Å²) in [7, 11) is 3.14. The van der Waals surface area contributed by atoms with E-state index in [4.69, 9.17) is 32.7 Å². The summed E-state index contributed by atoms with van der Waals surface area (Å²) in [4.78, 5) is 7.79. The molecule has 7 heteroatoms. The second-order valence-electron chi connectivity index (χ2n) is 3.53. The number of rotatable bonds is 4. The molecular formula is C12H11Cl2N3O2. The van der Waals surface area contributed by atoms with Crippen LogP contribution in [0.5, 0.6) is 11.5 Å². The number of aromatic nitrogens is 2. The zero-order valence-corrected chi connectivity index (χ0v) is 11.8. The second-order valence-corrected chi connectivity index (χ2v) is 4.28. The summed E-state index contributed by atoms with van der Waals surface area (Å²) < 4.78 is 10.4. The monoisotopic (exact) mass is 299 g/mol. The van der Waals surface area contributed by atoms with Gasteiger partial charge in [-0.2, -0.15) is 4.98 Å². The van der Waals surface area contributed by atoms with Crippen LogP contribution < -0.4 is 14.8 Å². The van der Waals surface area contributed by atoms with Gasteiger partial charge in [-0.15, -0.1) is 0 Å². The van der Waals surface area contributed by atoms with Crippen LogP contribution in [0.2, 0.25) is 10.3 Å². The molecule has 0 radical (unpaired) electrons. The van der Waals surface area contributed by atoms with Crippen molar-refractivity contribution in [3.8, 4) is 11.5 Å². The Bertz CT molecular complexity index is 593. The normalized spacial score (nSPS) is 10.1. The van der Waals surface area contributed by atoms with Crippen LogP contribution in [0.15, 0.2) is 24.4 Å². The molecule has 19 heavy (non-hydrogen) atoms. The highest BCUT2D eigenvalue weighted by atomic mass is 35.5. The highest BCUT2D eigenvalue weighted by Gasteiger charge is 2.08. The van der Waals surface area contributed by atoms with Crippen LogP contribution in [-0.2, 0) is 0 Å². The van der Waals surface area contributed by atoms with Crippen LogP contribution in [0.3, 0.4) is 0 Å². The van der Waals surface area contributed by atoms with Crippen molar-refractivity contribution in [2.75, 3.05) is 19.5 Å².